The second-order valence-corrected chi connectivity index (χ2v) is 5.31. The molecule has 0 saturated heterocycles. The summed E-state index contributed by atoms with van der Waals surface area (Å²) in [6.07, 6.45) is 4.71. The smallest absolute Gasteiger partial charge is 0.272 e. The summed E-state index contributed by atoms with van der Waals surface area (Å²) in [6, 6.07) is 2.31. The van der Waals surface area contributed by atoms with Crippen molar-refractivity contribution in [1.29, 1.82) is 0 Å². The number of halogens is 1. The van der Waals surface area contributed by atoms with Gasteiger partial charge in [-0.15, -0.1) is 0 Å². The molecule has 6 heteroatoms. The largest absolute Gasteiger partial charge is 0.493 e. The van der Waals surface area contributed by atoms with E-state index in [1.807, 2.05) is 0 Å². The zero-order valence-electron chi connectivity index (χ0n) is 11.5. The van der Waals surface area contributed by atoms with E-state index < -0.39 is 16.2 Å². The van der Waals surface area contributed by atoms with Crippen LogP contribution in [0, 0.1) is 15.9 Å². The molecule has 0 radical (unpaired) electrons. The molecule has 1 aliphatic carbocycles. The van der Waals surface area contributed by atoms with Gasteiger partial charge < -0.3 is 10.5 Å². The number of methoxy groups -OCH3 is 1. The highest BCUT2D eigenvalue weighted by Crippen LogP contribution is 2.44. The molecule has 110 valence electrons. The molecule has 2 rings (SSSR count). The number of nitrogens with zero attached hydrogens (tertiary/aromatic N) is 1. The number of hydrogen-bond acceptors (Lipinski definition) is 4. The first-order valence-corrected chi connectivity index (χ1v) is 6.76. The molecule has 1 fully saturated rings. The summed E-state index contributed by atoms with van der Waals surface area (Å²) in [5, 5.41) is 10.9. The number of rotatable bonds is 4. The molecule has 1 aromatic carbocycles. The van der Waals surface area contributed by atoms with Gasteiger partial charge in [0.25, 0.3) is 5.69 Å². The van der Waals surface area contributed by atoms with E-state index in [1.54, 1.807) is 0 Å². The van der Waals surface area contributed by atoms with Crippen LogP contribution in [0.5, 0.6) is 5.75 Å². The van der Waals surface area contributed by atoms with Gasteiger partial charge in [-0.1, -0.05) is 19.3 Å². The maximum atomic E-state index is 14.1. The molecule has 2 N–H and O–H groups in total. The second-order valence-electron chi connectivity index (χ2n) is 5.31. The molecule has 0 aromatic heterocycles. The number of nitrogens with two attached hydrogens (primary N) is 1. The Morgan fingerprint density at radius 1 is 1.40 bits per heavy atom. The summed E-state index contributed by atoms with van der Waals surface area (Å²) >= 11 is 0. The molecule has 1 aliphatic rings. The number of nitro benzene ring substituents is 1. The van der Waals surface area contributed by atoms with E-state index in [-0.39, 0.29) is 11.4 Å². The Morgan fingerprint density at radius 3 is 2.55 bits per heavy atom. The van der Waals surface area contributed by atoms with E-state index in [1.165, 1.54) is 13.2 Å². The van der Waals surface area contributed by atoms with Crippen LogP contribution >= 0.6 is 0 Å². The van der Waals surface area contributed by atoms with Crippen LogP contribution in [0.1, 0.15) is 37.7 Å². The molecule has 0 atom stereocenters. The van der Waals surface area contributed by atoms with E-state index in [0.717, 1.165) is 38.2 Å². The van der Waals surface area contributed by atoms with E-state index in [2.05, 4.69) is 0 Å². The highest BCUT2D eigenvalue weighted by molar-refractivity contribution is 5.49. The Balaban J connectivity index is 2.60. The molecule has 0 heterocycles. The molecule has 20 heavy (non-hydrogen) atoms. The van der Waals surface area contributed by atoms with Crippen LogP contribution in [0.4, 0.5) is 10.1 Å². The highest BCUT2D eigenvalue weighted by atomic mass is 19.1. The van der Waals surface area contributed by atoms with E-state index in [9.17, 15) is 14.5 Å². The van der Waals surface area contributed by atoms with Crippen molar-refractivity contribution in [3.05, 3.63) is 33.6 Å². The molecule has 0 unspecified atom stereocenters. The Kier molecular flexibility index (Phi) is 4.23. The van der Waals surface area contributed by atoms with E-state index in [4.69, 9.17) is 10.5 Å². The molecular formula is C14H19FN2O3. The Morgan fingerprint density at radius 2 is 2.05 bits per heavy atom. The van der Waals surface area contributed by atoms with Crippen LogP contribution in [0.15, 0.2) is 12.1 Å². The van der Waals surface area contributed by atoms with Crippen molar-refractivity contribution in [2.45, 2.75) is 37.5 Å². The fourth-order valence-electron chi connectivity index (χ4n) is 3.10. The zero-order chi connectivity index (χ0) is 14.8. The third kappa shape index (κ3) is 2.47. The van der Waals surface area contributed by atoms with E-state index in [0.29, 0.717) is 12.1 Å². The minimum absolute atomic E-state index is 0.0861. The lowest BCUT2D eigenvalue weighted by atomic mass is 9.69. The van der Waals surface area contributed by atoms with Crippen LogP contribution in [0.2, 0.25) is 0 Å². The third-order valence-corrected chi connectivity index (χ3v) is 4.22. The first kappa shape index (κ1) is 14.7. The molecule has 5 nitrogen and oxygen atoms in total. The SMILES string of the molecule is COc1c(F)cc([N+](=O)[O-])cc1C1(CN)CCCCC1. The van der Waals surface area contributed by atoms with Gasteiger partial charge >= 0.3 is 0 Å². The van der Waals surface area contributed by atoms with Gasteiger partial charge in [0, 0.05) is 23.6 Å². The number of benzene rings is 1. The fraction of sp³-hybridized carbons (Fsp3) is 0.571. The van der Waals surface area contributed by atoms with Gasteiger partial charge in [0.1, 0.15) is 0 Å². The van der Waals surface area contributed by atoms with Crippen molar-refractivity contribution in [3.8, 4) is 5.75 Å². The Labute approximate surface area is 117 Å². The van der Waals surface area contributed by atoms with Gasteiger partial charge in [0.05, 0.1) is 18.1 Å². The number of non-ortho nitro benzene ring substituents is 1. The van der Waals surface area contributed by atoms with Gasteiger partial charge in [-0.2, -0.15) is 0 Å². The van der Waals surface area contributed by atoms with Crippen molar-refractivity contribution >= 4 is 5.69 Å². The van der Waals surface area contributed by atoms with Gasteiger partial charge in [-0.3, -0.25) is 10.1 Å². The van der Waals surface area contributed by atoms with Crippen LogP contribution in [-0.4, -0.2) is 18.6 Å². The Bertz CT molecular complexity index is 513. The standard InChI is InChI=1S/C14H19FN2O3/c1-20-13-11(7-10(17(18)19)8-12(13)15)14(9-16)5-3-2-4-6-14/h7-8H,2-6,9,16H2,1H3. The molecule has 1 aromatic rings. The average Bonchev–Trinajstić information content (AvgIpc) is 2.47. The number of hydrogen-bond donors (Lipinski definition) is 1. The summed E-state index contributed by atoms with van der Waals surface area (Å²) in [5.74, 6) is -0.613. The number of ether oxygens (including phenoxy) is 1. The lowest BCUT2D eigenvalue weighted by Gasteiger charge is -2.37. The predicted octanol–water partition coefficient (Wildman–Crippen LogP) is 2.90. The van der Waals surface area contributed by atoms with Crippen LogP contribution < -0.4 is 10.5 Å². The van der Waals surface area contributed by atoms with Crippen molar-refractivity contribution in [1.82, 2.24) is 0 Å². The molecular weight excluding hydrogens is 263 g/mol. The summed E-state index contributed by atoms with van der Waals surface area (Å²) < 4.78 is 19.2. The van der Waals surface area contributed by atoms with Crippen molar-refractivity contribution in [2.24, 2.45) is 5.73 Å². The quantitative estimate of drug-likeness (QED) is 0.680. The van der Waals surface area contributed by atoms with Gasteiger partial charge in [0.15, 0.2) is 11.6 Å². The van der Waals surface area contributed by atoms with Gasteiger partial charge in [-0.05, 0) is 12.8 Å². The highest BCUT2D eigenvalue weighted by Gasteiger charge is 2.37. The summed E-state index contributed by atoms with van der Waals surface area (Å²) in [6.45, 7) is 0.337. The molecule has 0 spiro atoms. The maximum Gasteiger partial charge on any atom is 0.272 e. The number of nitro groups is 1. The monoisotopic (exact) mass is 282 g/mol. The zero-order valence-corrected chi connectivity index (χ0v) is 11.5. The third-order valence-electron chi connectivity index (χ3n) is 4.22. The van der Waals surface area contributed by atoms with Gasteiger partial charge in [-0.25, -0.2) is 4.39 Å². The molecule has 0 amide bonds. The summed E-state index contributed by atoms with van der Waals surface area (Å²) in [7, 11) is 1.38. The fourth-order valence-corrected chi connectivity index (χ4v) is 3.10. The van der Waals surface area contributed by atoms with Crippen molar-refractivity contribution in [2.75, 3.05) is 13.7 Å². The predicted molar refractivity (Wildman–Crippen MR) is 73.4 cm³/mol. The molecule has 0 bridgehead atoms. The normalized spacial score (nSPS) is 17.8. The van der Waals surface area contributed by atoms with Crippen molar-refractivity contribution < 1.29 is 14.1 Å². The minimum atomic E-state index is -0.699. The summed E-state index contributed by atoms with van der Waals surface area (Å²) in [4.78, 5) is 10.4. The van der Waals surface area contributed by atoms with Crippen LogP contribution in [-0.2, 0) is 5.41 Å². The van der Waals surface area contributed by atoms with Gasteiger partial charge in [0.2, 0.25) is 0 Å². The second kappa shape index (κ2) is 5.75. The van der Waals surface area contributed by atoms with Crippen molar-refractivity contribution in [3.63, 3.8) is 0 Å². The first-order valence-electron chi connectivity index (χ1n) is 6.76. The Hall–Kier alpha value is -1.69. The topological polar surface area (TPSA) is 78.4 Å². The maximum absolute atomic E-state index is 14.1. The van der Waals surface area contributed by atoms with Crippen LogP contribution in [0.25, 0.3) is 0 Å². The lowest BCUT2D eigenvalue weighted by Crippen LogP contribution is -2.37. The van der Waals surface area contributed by atoms with E-state index >= 15 is 0 Å². The molecule has 1 saturated carbocycles. The minimum Gasteiger partial charge on any atom is -0.493 e. The lowest BCUT2D eigenvalue weighted by molar-refractivity contribution is -0.385. The average molecular weight is 282 g/mol. The first-order chi connectivity index (χ1) is 9.54. The summed E-state index contributed by atoms with van der Waals surface area (Å²) in [5.41, 5.74) is 5.79. The van der Waals surface area contributed by atoms with Crippen LogP contribution in [0.3, 0.4) is 0 Å². The molecule has 0 aliphatic heterocycles.